The fourth-order valence-electron chi connectivity index (χ4n) is 1.51. The van der Waals surface area contributed by atoms with Crippen molar-refractivity contribution in [1.82, 2.24) is 0 Å². The summed E-state index contributed by atoms with van der Waals surface area (Å²) in [5.41, 5.74) is 0.670. The van der Waals surface area contributed by atoms with Gasteiger partial charge < -0.3 is 14.5 Å². The van der Waals surface area contributed by atoms with Crippen LogP contribution >= 0.6 is 39.1 Å². The highest BCUT2D eigenvalue weighted by Crippen LogP contribution is 2.36. The van der Waals surface area contributed by atoms with Crippen molar-refractivity contribution < 1.29 is 13.9 Å². The van der Waals surface area contributed by atoms with Gasteiger partial charge in [-0.25, -0.2) is 0 Å². The largest absolute Gasteiger partial charge is 0.493 e. The number of ether oxygens (including phenoxy) is 1. The summed E-state index contributed by atoms with van der Waals surface area (Å²) in [4.78, 5) is 12.0. The van der Waals surface area contributed by atoms with E-state index in [4.69, 9.17) is 32.4 Å². The SMILES string of the molecule is COc1c(Br)cc(Cl)cc1NC(=O)c1ccoc1Cl. The fourth-order valence-corrected chi connectivity index (χ4v) is 2.68. The number of furan rings is 1. The lowest BCUT2D eigenvalue weighted by Crippen LogP contribution is -2.12. The maximum atomic E-state index is 12.0. The van der Waals surface area contributed by atoms with Crippen LogP contribution in [0, 0.1) is 0 Å². The smallest absolute Gasteiger partial charge is 0.260 e. The molecule has 0 aliphatic carbocycles. The molecular formula is C12H8BrCl2NO3. The van der Waals surface area contributed by atoms with Crippen molar-refractivity contribution in [2.45, 2.75) is 0 Å². The number of hydrogen-bond acceptors (Lipinski definition) is 3. The Bertz CT molecular complexity index is 627. The van der Waals surface area contributed by atoms with Crippen LogP contribution in [0.4, 0.5) is 5.69 Å². The standard InChI is InChI=1S/C12H8BrCl2NO3/c1-18-10-8(13)4-6(14)5-9(10)16-12(17)7-2-3-19-11(7)15/h2-5H,1H3,(H,16,17). The number of hydrogen-bond donors (Lipinski definition) is 1. The molecule has 100 valence electrons. The molecule has 1 N–H and O–H groups in total. The lowest BCUT2D eigenvalue weighted by atomic mass is 10.2. The summed E-state index contributed by atoms with van der Waals surface area (Å²) in [5, 5.41) is 3.15. The first-order valence-electron chi connectivity index (χ1n) is 5.10. The van der Waals surface area contributed by atoms with E-state index in [0.29, 0.717) is 20.9 Å². The van der Waals surface area contributed by atoms with Crippen LogP contribution < -0.4 is 10.1 Å². The molecule has 1 amide bonds. The second kappa shape index (κ2) is 5.86. The number of rotatable bonds is 3. The van der Waals surface area contributed by atoms with Crippen LogP contribution in [-0.2, 0) is 0 Å². The maximum Gasteiger partial charge on any atom is 0.260 e. The van der Waals surface area contributed by atoms with E-state index in [9.17, 15) is 4.79 Å². The first-order valence-corrected chi connectivity index (χ1v) is 6.65. The quantitative estimate of drug-likeness (QED) is 0.865. The van der Waals surface area contributed by atoms with Gasteiger partial charge in [0.2, 0.25) is 5.22 Å². The average molecular weight is 365 g/mol. The highest BCUT2D eigenvalue weighted by atomic mass is 79.9. The van der Waals surface area contributed by atoms with Gasteiger partial charge in [-0.2, -0.15) is 0 Å². The van der Waals surface area contributed by atoms with Gasteiger partial charge in [-0.3, -0.25) is 4.79 Å². The zero-order valence-corrected chi connectivity index (χ0v) is 12.8. The Morgan fingerprint density at radius 2 is 2.16 bits per heavy atom. The van der Waals surface area contributed by atoms with E-state index < -0.39 is 5.91 Å². The van der Waals surface area contributed by atoms with Gasteiger partial charge >= 0.3 is 0 Å². The summed E-state index contributed by atoms with van der Waals surface area (Å²) in [6.45, 7) is 0. The van der Waals surface area contributed by atoms with Crippen molar-refractivity contribution in [2.24, 2.45) is 0 Å². The van der Waals surface area contributed by atoms with Gasteiger partial charge in [-0.15, -0.1) is 0 Å². The van der Waals surface area contributed by atoms with Crippen molar-refractivity contribution >= 4 is 50.7 Å². The minimum atomic E-state index is -0.411. The molecule has 0 radical (unpaired) electrons. The molecule has 1 heterocycles. The van der Waals surface area contributed by atoms with Gasteiger partial charge in [0.05, 0.1) is 29.1 Å². The van der Waals surface area contributed by atoms with E-state index in [1.54, 1.807) is 12.1 Å². The molecule has 2 rings (SSSR count). The fraction of sp³-hybridized carbons (Fsp3) is 0.0833. The molecule has 1 aromatic heterocycles. The van der Waals surface area contributed by atoms with E-state index in [1.807, 2.05) is 0 Å². The van der Waals surface area contributed by atoms with Gasteiger partial charge in [-0.05, 0) is 45.7 Å². The molecule has 0 saturated carbocycles. The Labute approximate surface area is 127 Å². The lowest BCUT2D eigenvalue weighted by Gasteiger charge is -2.12. The molecule has 19 heavy (non-hydrogen) atoms. The molecule has 4 nitrogen and oxygen atoms in total. The van der Waals surface area contributed by atoms with Gasteiger partial charge in [0.1, 0.15) is 0 Å². The Morgan fingerprint density at radius 1 is 1.42 bits per heavy atom. The molecule has 0 fully saturated rings. The summed E-state index contributed by atoms with van der Waals surface area (Å²) in [6.07, 6.45) is 1.34. The molecule has 7 heteroatoms. The van der Waals surface area contributed by atoms with E-state index in [0.717, 1.165) is 0 Å². The Balaban J connectivity index is 2.34. The molecule has 0 bridgehead atoms. The van der Waals surface area contributed by atoms with Crippen LogP contribution in [0.15, 0.2) is 33.4 Å². The summed E-state index contributed by atoms with van der Waals surface area (Å²) in [5.74, 6) is 0.0589. The zero-order chi connectivity index (χ0) is 14.0. The van der Waals surface area contributed by atoms with E-state index in [-0.39, 0.29) is 10.8 Å². The summed E-state index contributed by atoms with van der Waals surface area (Å²) >= 11 is 15.0. The first kappa shape index (κ1) is 14.2. The number of amides is 1. The van der Waals surface area contributed by atoms with Gasteiger partial charge in [-0.1, -0.05) is 11.6 Å². The second-order valence-corrected chi connectivity index (χ2v) is 5.16. The highest BCUT2D eigenvalue weighted by Gasteiger charge is 2.17. The van der Waals surface area contributed by atoms with E-state index in [2.05, 4.69) is 21.2 Å². The Hall–Kier alpha value is -1.17. The van der Waals surface area contributed by atoms with Crippen LogP contribution in [0.25, 0.3) is 0 Å². The van der Waals surface area contributed by atoms with Crippen molar-refractivity contribution in [2.75, 3.05) is 12.4 Å². The van der Waals surface area contributed by atoms with Crippen LogP contribution in [0.1, 0.15) is 10.4 Å². The molecule has 2 aromatic rings. The molecule has 0 aliphatic rings. The van der Waals surface area contributed by atoms with Gasteiger partial charge in [0.15, 0.2) is 5.75 Å². The third-order valence-electron chi connectivity index (χ3n) is 2.32. The predicted octanol–water partition coefficient (Wildman–Crippen LogP) is 4.61. The summed E-state index contributed by atoms with van der Waals surface area (Å²) < 4.78 is 10.7. The van der Waals surface area contributed by atoms with Crippen LogP contribution in [0.3, 0.4) is 0 Å². The number of carbonyl (C=O) groups is 1. The summed E-state index contributed by atoms with van der Waals surface area (Å²) in [6, 6.07) is 4.72. The predicted molar refractivity (Wildman–Crippen MR) is 77.4 cm³/mol. The number of benzene rings is 1. The monoisotopic (exact) mass is 363 g/mol. The number of halogens is 3. The van der Waals surface area contributed by atoms with Crippen molar-refractivity contribution in [3.8, 4) is 5.75 Å². The van der Waals surface area contributed by atoms with Gasteiger partial charge in [0, 0.05) is 5.02 Å². The molecule has 0 atom stereocenters. The van der Waals surface area contributed by atoms with Crippen LogP contribution in [0.5, 0.6) is 5.75 Å². The van der Waals surface area contributed by atoms with Crippen molar-refractivity contribution in [3.63, 3.8) is 0 Å². The Morgan fingerprint density at radius 3 is 2.74 bits per heavy atom. The molecular weight excluding hydrogens is 357 g/mol. The zero-order valence-electron chi connectivity index (χ0n) is 9.67. The minimum Gasteiger partial charge on any atom is -0.493 e. The third-order valence-corrected chi connectivity index (χ3v) is 3.42. The van der Waals surface area contributed by atoms with E-state index in [1.165, 1.54) is 19.4 Å². The molecule has 0 unspecified atom stereocenters. The lowest BCUT2D eigenvalue weighted by molar-refractivity contribution is 0.102. The first-order chi connectivity index (χ1) is 9.02. The number of methoxy groups -OCH3 is 1. The summed E-state index contributed by atoms with van der Waals surface area (Å²) in [7, 11) is 1.49. The normalized spacial score (nSPS) is 10.3. The average Bonchev–Trinajstić information content (AvgIpc) is 2.75. The minimum absolute atomic E-state index is 0.0255. The van der Waals surface area contributed by atoms with Crippen LogP contribution in [0.2, 0.25) is 10.2 Å². The highest BCUT2D eigenvalue weighted by molar-refractivity contribution is 9.10. The molecule has 1 aromatic carbocycles. The number of nitrogens with one attached hydrogen (secondary N) is 1. The van der Waals surface area contributed by atoms with Crippen LogP contribution in [-0.4, -0.2) is 13.0 Å². The molecule has 0 saturated heterocycles. The third kappa shape index (κ3) is 3.05. The molecule has 0 aliphatic heterocycles. The van der Waals surface area contributed by atoms with E-state index >= 15 is 0 Å². The van der Waals surface area contributed by atoms with Crippen molar-refractivity contribution in [3.05, 3.63) is 44.7 Å². The van der Waals surface area contributed by atoms with Gasteiger partial charge in [0.25, 0.3) is 5.91 Å². The van der Waals surface area contributed by atoms with Crippen molar-refractivity contribution in [1.29, 1.82) is 0 Å². The number of anilines is 1. The topological polar surface area (TPSA) is 51.5 Å². The maximum absolute atomic E-state index is 12.0. The number of carbonyl (C=O) groups excluding carboxylic acids is 1. The molecule has 0 spiro atoms. The second-order valence-electron chi connectivity index (χ2n) is 3.53. The Kier molecular flexibility index (Phi) is 4.39.